The zero-order chi connectivity index (χ0) is 21.2. The number of ketones is 1. The van der Waals surface area contributed by atoms with E-state index in [1.54, 1.807) is 23.3 Å². The van der Waals surface area contributed by atoms with Gasteiger partial charge in [-0.15, -0.1) is 0 Å². The number of aromatic nitrogens is 3. The first-order valence-corrected chi connectivity index (χ1v) is 16.5. The number of hydrogen-bond donors (Lipinski definition) is 0. The highest BCUT2D eigenvalue weighted by atomic mass is 28.4. The molecule has 0 bridgehead atoms. The maximum absolute atomic E-state index is 12.9. The van der Waals surface area contributed by atoms with Gasteiger partial charge in [0.2, 0.25) is 0 Å². The number of ether oxygens (including phenoxy) is 1. The Hall–Kier alpha value is -1.36. The van der Waals surface area contributed by atoms with E-state index in [0.29, 0.717) is 18.9 Å². The van der Waals surface area contributed by atoms with Crippen LogP contribution in [0.1, 0.15) is 31.1 Å². The molecule has 2 aromatic heterocycles. The van der Waals surface area contributed by atoms with Crippen molar-refractivity contribution in [3.05, 3.63) is 24.2 Å². The van der Waals surface area contributed by atoms with E-state index in [0.717, 1.165) is 16.9 Å². The smallest absolute Gasteiger partial charge is 0.192 e. The lowest BCUT2D eigenvalue weighted by Gasteiger charge is -2.35. The number of pyridine rings is 1. The van der Waals surface area contributed by atoms with Gasteiger partial charge in [-0.2, -0.15) is 5.10 Å². The van der Waals surface area contributed by atoms with Crippen molar-refractivity contribution in [3.8, 4) is 0 Å². The van der Waals surface area contributed by atoms with E-state index in [1.165, 1.54) is 0 Å². The first-order chi connectivity index (χ1) is 12.8. The molecule has 0 atom stereocenters. The third-order valence-electron chi connectivity index (χ3n) is 5.42. The summed E-state index contributed by atoms with van der Waals surface area (Å²) < 4.78 is 13.7. The van der Waals surface area contributed by atoms with Crippen LogP contribution in [0.25, 0.3) is 10.9 Å². The van der Waals surface area contributed by atoms with Crippen LogP contribution in [0, 0.1) is 0 Å². The van der Waals surface area contributed by atoms with E-state index in [1.807, 2.05) is 0 Å². The minimum Gasteiger partial charge on any atom is -0.409 e. The number of rotatable bonds is 9. The predicted molar refractivity (Wildman–Crippen MR) is 119 cm³/mol. The van der Waals surface area contributed by atoms with Crippen LogP contribution in [0.2, 0.25) is 43.8 Å². The predicted octanol–water partition coefficient (Wildman–Crippen LogP) is 4.95. The van der Waals surface area contributed by atoms with E-state index in [2.05, 4.69) is 63.6 Å². The van der Waals surface area contributed by atoms with Crippen LogP contribution in [-0.2, 0) is 15.9 Å². The van der Waals surface area contributed by atoms with Gasteiger partial charge >= 0.3 is 0 Å². The second-order valence-corrected chi connectivity index (χ2v) is 20.5. The lowest BCUT2D eigenvalue weighted by molar-refractivity contribution is 0.0812. The van der Waals surface area contributed by atoms with Crippen molar-refractivity contribution in [2.45, 2.75) is 71.3 Å². The van der Waals surface area contributed by atoms with Gasteiger partial charge in [0, 0.05) is 32.5 Å². The summed E-state index contributed by atoms with van der Waals surface area (Å²) in [7, 11) is -3.13. The number of carbonyl (C=O) groups excluding carboxylic acids is 1. The lowest BCUT2D eigenvalue weighted by Crippen LogP contribution is -2.42. The second kappa shape index (κ2) is 8.56. The number of fused-ring (bicyclic) bond motifs is 1. The number of nitrogens with zero attached hydrogens (tertiary/aromatic N) is 3. The maximum atomic E-state index is 12.9. The molecule has 0 aliphatic carbocycles. The zero-order valence-corrected chi connectivity index (χ0v) is 20.6. The minimum atomic E-state index is -1.99. The summed E-state index contributed by atoms with van der Waals surface area (Å²) in [6.07, 6.45) is 5.07. The topological polar surface area (TPSA) is 66.2 Å². The normalized spacial score (nSPS) is 13.3. The van der Waals surface area contributed by atoms with E-state index in [9.17, 15) is 4.79 Å². The molecule has 2 rings (SSSR count). The quantitative estimate of drug-likeness (QED) is 0.326. The van der Waals surface area contributed by atoms with Gasteiger partial charge in [0.1, 0.15) is 6.73 Å². The molecule has 0 saturated heterocycles. The number of hydrogen-bond acceptors (Lipinski definition) is 5. The molecule has 0 amide bonds. The number of Topliss-reactive ketones (excluding diaryl/α,β-unsaturated/α-hetero) is 1. The Kier molecular flexibility index (Phi) is 7.01. The summed E-state index contributed by atoms with van der Waals surface area (Å²) >= 11 is 0. The van der Waals surface area contributed by atoms with Crippen LogP contribution >= 0.6 is 0 Å². The Morgan fingerprint density at radius 3 is 2.39 bits per heavy atom. The van der Waals surface area contributed by atoms with Crippen molar-refractivity contribution in [1.29, 1.82) is 0 Å². The van der Waals surface area contributed by atoms with Crippen LogP contribution in [0.15, 0.2) is 18.6 Å². The fourth-order valence-corrected chi connectivity index (χ4v) is 4.10. The highest BCUT2D eigenvalue weighted by Crippen LogP contribution is 2.36. The third kappa shape index (κ3) is 5.82. The summed E-state index contributed by atoms with van der Waals surface area (Å²) in [6.45, 7) is 18.9. The first kappa shape index (κ1) is 22.9. The Morgan fingerprint density at radius 2 is 1.79 bits per heavy atom. The monoisotopic (exact) mass is 421 g/mol. The largest absolute Gasteiger partial charge is 0.409 e. The molecule has 0 aromatic carbocycles. The molecule has 8 heteroatoms. The molecule has 0 spiro atoms. The summed E-state index contributed by atoms with van der Waals surface area (Å²) in [5.41, 5.74) is 1.31. The summed E-state index contributed by atoms with van der Waals surface area (Å²) in [4.78, 5) is 17.1. The Labute approximate surface area is 170 Å². The molecule has 2 heterocycles. The maximum Gasteiger partial charge on any atom is 0.192 e. The van der Waals surface area contributed by atoms with Gasteiger partial charge in [-0.05, 0) is 24.2 Å². The summed E-state index contributed by atoms with van der Waals surface area (Å²) in [5.74, 6) is -0.0632. The fourth-order valence-electron chi connectivity index (χ4n) is 2.41. The Balaban J connectivity index is 2.14. The molecule has 2 aromatic rings. The minimum absolute atomic E-state index is 0.0590. The molecular formula is C20H35N3O3Si2. The van der Waals surface area contributed by atoms with Crippen molar-refractivity contribution in [3.63, 3.8) is 0 Å². The molecule has 0 fully saturated rings. The summed E-state index contributed by atoms with van der Waals surface area (Å²) in [5, 5.41) is 5.30. The van der Waals surface area contributed by atoms with Gasteiger partial charge in [0.15, 0.2) is 14.1 Å². The molecule has 6 nitrogen and oxygen atoms in total. The Bertz CT molecular complexity index is 820. The molecule has 28 heavy (non-hydrogen) atoms. The van der Waals surface area contributed by atoms with Gasteiger partial charge in [0.25, 0.3) is 0 Å². The average molecular weight is 422 g/mol. The van der Waals surface area contributed by atoms with Crippen molar-refractivity contribution >= 4 is 33.1 Å². The van der Waals surface area contributed by atoms with Crippen molar-refractivity contribution in [2.75, 3.05) is 13.2 Å². The molecule has 0 N–H and O–H groups in total. The van der Waals surface area contributed by atoms with Crippen molar-refractivity contribution < 1.29 is 14.0 Å². The molecule has 0 unspecified atom stereocenters. The fraction of sp³-hybridized carbons (Fsp3) is 0.650. The van der Waals surface area contributed by atoms with E-state index < -0.39 is 16.4 Å². The molecule has 0 aliphatic heterocycles. The average Bonchev–Trinajstić information content (AvgIpc) is 2.98. The lowest BCUT2D eigenvalue weighted by atomic mass is 10.1. The standard InChI is InChI=1S/C20H35N3O3Si2/c1-20(2,3)28(7,8)26-14-18(24)17-13-21-11-16-12-22-23(19(16)17)15-25-9-10-27(4,5)6/h11-13H,9-10,14-15H2,1-8H3. The van der Waals surface area contributed by atoms with Gasteiger partial charge in [-0.3, -0.25) is 9.78 Å². The van der Waals surface area contributed by atoms with Crippen LogP contribution < -0.4 is 0 Å². The van der Waals surface area contributed by atoms with Gasteiger partial charge in [0.05, 0.1) is 23.9 Å². The van der Waals surface area contributed by atoms with Crippen LogP contribution in [0.3, 0.4) is 0 Å². The first-order valence-electron chi connectivity index (χ1n) is 9.86. The van der Waals surface area contributed by atoms with Gasteiger partial charge < -0.3 is 9.16 Å². The van der Waals surface area contributed by atoms with Crippen LogP contribution in [0.5, 0.6) is 0 Å². The van der Waals surface area contributed by atoms with E-state index >= 15 is 0 Å². The Morgan fingerprint density at radius 1 is 1.11 bits per heavy atom. The highest BCUT2D eigenvalue weighted by molar-refractivity contribution is 6.76. The van der Waals surface area contributed by atoms with Crippen LogP contribution in [0.4, 0.5) is 0 Å². The van der Waals surface area contributed by atoms with Gasteiger partial charge in [-0.1, -0.05) is 40.4 Å². The molecule has 156 valence electrons. The van der Waals surface area contributed by atoms with E-state index in [4.69, 9.17) is 9.16 Å². The highest BCUT2D eigenvalue weighted by Gasteiger charge is 2.37. The molecule has 0 aliphatic rings. The van der Waals surface area contributed by atoms with Crippen molar-refractivity contribution in [2.24, 2.45) is 0 Å². The SMILES string of the molecule is CC(C)(C)[Si](C)(C)OCC(=O)c1cncc2cnn(COCC[Si](C)(C)C)c12. The molecular weight excluding hydrogens is 386 g/mol. The van der Waals surface area contributed by atoms with Crippen molar-refractivity contribution in [1.82, 2.24) is 14.8 Å². The summed E-state index contributed by atoms with van der Waals surface area (Å²) in [6, 6.07) is 1.10. The zero-order valence-electron chi connectivity index (χ0n) is 18.6. The van der Waals surface area contributed by atoms with E-state index in [-0.39, 0.29) is 17.4 Å². The molecule has 0 radical (unpaired) electrons. The van der Waals surface area contributed by atoms with Gasteiger partial charge in [-0.25, -0.2) is 4.68 Å². The van der Waals surface area contributed by atoms with Crippen LogP contribution in [-0.4, -0.2) is 50.2 Å². The number of carbonyl (C=O) groups is 1. The third-order valence-corrected chi connectivity index (χ3v) is 11.6. The second-order valence-electron chi connectivity index (χ2n) is 10.1. The molecule has 0 saturated carbocycles.